The van der Waals surface area contributed by atoms with Gasteiger partial charge in [0.05, 0.1) is 17.9 Å². The number of hydrogen-bond acceptors (Lipinski definition) is 8. The number of nitrogens with two attached hydrogens (primary N) is 1. The molecule has 0 radical (unpaired) electrons. The van der Waals surface area contributed by atoms with Crippen LogP contribution < -0.4 is 20.1 Å². The third kappa shape index (κ3) is 5.42. The van der Waals surface area contributed by atoms with E-state index in [1.165, 1.54) is 36.4 Å². The Balaban J connectivity index is 0.00000220. The molecule has 2 atom stereocenters. The lowest BCUT2D eigenvalue weighted by molar-refractivity contribution is 0.0981. The summed E-state index contributed by atoms with van der Waals surface area (Å²) in [5.74, 6) is 0.252. The zero-order valence-electron chi connectivity index (χ0n) is 21.2. The van der Waals surface area contributed by atoms with E-state index < -0.39 is 21.7 Å². The maximum atomic E-state index is 14.5. The second-order valence-electron chi connectivity index (χ2n) is 10.3. The van der Waals surface area contributed by atoms with Crippen LogP contribution in [-0.4, -0.2) is 43.5 Å². The van der Waals surface area contributed by atoms with Gasteiger partial charge in [0.2, 0.25) is 0 Å². The van der Waals surface area contributed by atoms with Crippen molar-refractivity contribution in [3.8, 4) is 17.0 Å². The Morgan fingerprint density at radius 1 is 1.21 bits per heavy atom. The first kappa shape index (κ1) is 25.9. The summed E-state index contributed by atoms with van der Waals surface area (Å²) in [6.45, 7) is 5.17. The predicted molar refractivity (Wildman–Crippen MR) is 146 cm³/mol. The number of nitrogens with zero attached hydrogens (tertiary/aromatic N) is 3. The number of ether oxygens (including phenoxy) is 1. The van der Waals surface area contributed by atoms with Gasteiger partial charge in [0.15, 0.2) is 5.03 Å². The van der Waals surface area contributed by atoms with Crippen molar-refractivity contribution in [1.29, 1.82) is 0 Å². The zero-order chi connectivity index (χ0) is 27.0. The highest BCUT2D eigenvalue weighted by molar-refractivity contribution is 7.90. The van der Waals surface area contributed by atoms with Gasteiger partial charge in [-0.2, -0.15) is 8.42 Å². The summed E-state index contributed by atoms with van der Waals surface area (Å²) in [6.07, 6.45) is 3.07. The quantitative estimate of drug-likeness (QED) is 0.425. The molecule has 5 rings (SSSR count). The van der Waals surface area contributed by atoms with Crippen molar-refractivity contribution in [2.45, 2.75) is 44.2 Å². The van der Waals surface area contributed by atoms with Gasteiger partial charge in [-0.3, -0.25) is 4.79 Å². The van der Waals surface area contributed by atoms with Crippen LogP contribution in [0.1, 0.15) is 46.3 Å². The molecular formula is C27H34FN5O4S. The van der Waals surface area contributed by atoms with Crippen LogP contribution in [0.2, 0.25) is 0 Å². The topological polar surface area (TPSA) is 128 Å². The first-order valence-electron chi connectivity index (χ1n) is 12.6. The van der Waals surface area contributed by atoms with Crippen LogP contribution in [0.15, 0.2) is 53.6 Å². The molecular weight excluding hydrogens is 509 g/mol. The Labute approximate surface area is 224 Å². The number of hydrogen-bond donors (Lipinski definition) is 2. The molecule has 1 amide bonds. The number of nitrogens with one attached hydrogen (secondary N) is 1. The van der Waals surface area contributed by atoms with Crippen molar-refractivity contribution in [1.82, 2.24) is 14.7 Å². The molecule has 1 saturated heterocycles. The van der Waals surface area contributed by atoms with E-state index in [2.05, 4.69) is 14.6 Å². The van der Waals surface area contributed by atoms with Gasteiger partial charge in [0.1, 0.15) is 23.2 Å². The molecule has 2 aromatic heterocycles. The number of piperidine rings is 1. The van der Waals surface area contributed by atoms with Crippen LogP contribution in [0.4, 0.5) is 16.0 Å². The van der Waals surface area contributed by atoms with Gasteiger partial charge in [-0.1, -0.05) is 19.9 Å². The second kappa shape index (κ2) is 10.2. The van der Waals surface area contributed by atoms with Crippen LogP contribution in [-0.2, 0) is 10.0 Å². The number of halogens is 1. The van der Waals surface area contributed by atoms with E-state index in [9.17, 15) is 17.6 Å². The summed E-state index contributed by atoms with van der Waals surface area (Å²) >= 11 is 0. The summed E-state index contributed by atoms with van der Waals surface area (Å²) in [4.78, 5) is 24.0. The first-order chi connectivity index (χ1) is 18.1. The average molecular weight is 544 g/mol. The Bertz CT molecular complexity index is 1490. The minimum Gasteiger partial charge on any atom is -0.493 e. The molecule has 2 fully saturated rings. The van der Waals surface area contributed by atoms with Gasteiger partial charge in [-0.05, 0) is 67.5 Å². The van der Waals surface area contributed by atoms with Crippen LogP contribution in [0, 0.1) is 17.7 Å². The van der Waals surface area contributed by atoms with Gasteiger partial charge in [-0.15, -0.1) is 0 Å². The molecule has 3 N–H and O–H groups in total. The molecule has 1 aliphatic carbocycles. The number of nitrogen functional groups attached to an aromatic ring is 1. The molecule has 3 aromatic rings. The minimum atomic E-state index is -4.27. The summed E-state index contributed by atoms with van der Waals surface area (Å²) in [5.41, 5.74) is 6.69. The Kier molecular flexibility index (Phi) is 6.95. The molecule has 2 bridgehead atoms. The van der Waals surface area contributed by atoms with Crippen LogP contribution >= 0.6 is 0 Å². The Morgan fingerprint density at radius 2 is 2.03 bits per heavy atom. The van der Waals surface area contributed by atoms with Crippen molar-refractivity contribution in [3.05, 3.63) is 59.9 Å². The van der Waals surface area contributed by atoms with E-state index in [1.54, 1.807) is 12.1 Å². The monoisotopic (exact) mass is 543 g/mol. The average Bonchev–Trinajstić information content (AvgIpc) is 3.51. The smallest absolute Gasteiger partial charge is 0.281 e. The first-order valence-corrected chi connectivity index (χ1v) is 14.1. The maximum Gasteiger partial charge on any atom is 0.281 e. The van der Waals surface area contributed by atoms with E-state index in [0.29, 0.717) is 35.3 Å². The van der Waals surface area contributed by atoms with Gasteiger partial charge in [0, 0.05) is 27.1 Å². The fourth-order valence-electron chi connectivity index (χ4n) is 5.06. The maximum absolute atomic E-state index is 14.5. The number of sulfonamides is 1. The number of pyridine rings is 2. The lowest BCUT2D eigenvalue weighted by Gasteiger charge is -2.30. The number of amides is 1. The van der Waals surface area contributed by atoms with E-state index in [0.717, 1.165) is 25.8 Å². The lowest BCUT2D eigenvalue weighted by atomic mass is 10.1. The summed E-state index contributed by atoms with van der Waals surface area (Å²) in [7, 11) is -4.27. The van der Waals surface area contributed by atoms with E-state index in [4.69, 9.17) is 15.5 Å². The SMILES string of the molecule is CC(C)COc1cc(F)cc(-c2ccc(C(=O)NS(=O)(=O)c3cccc(N)n3)c(N3CC4CCC3C4)n2)c1.[HH].[HH]. The predicted octanol–water partition coefficient (Wildman–Crippen LogP) is 4.50. The molecule has 3 heterocycles. The summed E-state index contributed by atoms with van der Waals surface area (Å²) < 4.78 is 48.0. The van der Waals surface area contributed by atoms with Crippen molar-refractivity contribution < 1.29 is 25.2 Å². The van der Waals surface area contributed by atoms with Gasteiger partial charge >= 0.3 is 0 Å². The van der Waals surface area contributed by atoms with E-state index in [1.807, 2.05) is 13.8 Å². The van der Waals surface area contributed by atoms with Crippen molar-refractivity contribution in [2.24, 2.45) is 11.8 Å². The normalized spacial score (nSPS) is 18.7. The third-order valence-electron chi connectivity index (χ3n) is 6.80. The van der Waals surface area contributed by atoms with Crippen molar-refractivity contribution in [3.63, 3.8) is 0 Å². The number of anilines is 2. The molecule has 9 nitrogen and oxygen atoms in total. The second-order valence-corrected chi connectivity index (χ2v) is 11.9. The molecule has 1 aromatic carbocycles. The fraction of sp³-hybridized carbons (Fsp3) is 0.370. The molecule has 204 valence electrons. The Morgan fingerprint density at radius 3 is 2.71 bits per heavy atom. The van der Waals surface area contributed by atoms with Gasteiger partial charge in [-0.25, -0.2) is 19.1 Å². The molecule has 2 unspecified atom stereocenters. The molecule has 1 aliphatic heterocycles. The number of carbonyl (C=O) groups is 1. The molecule has 2 aliphatic rings. The summed E-state index contributed by atoms with van der Waals surface area (Å²) in [6, 6.07) is 11.9. The van der Waals surface area contributed by atoms with E-state index in [-0.39, 0.29) is 31.2 Å². The van der Waals surface area contributed by atoms with Crippen LogP contribution in [0.25, 0.3) is 11.3 Å². The molecule has 1 saturated carbocycles. The van der Waals surface area contributed by atoms with E-state index >= 15 is 0 Å². The lowest BCUT2D eigenvalue weighted by Crippen LogP contribution is -2.37. The third-order valence-corrected chi connectivity index (χ3v) is 8.03. The standard InChI is InChI=1S/C27H30FN5O4S.2H2/c1-16(2)15-37-21-12-18(11-19(28)13-21)23-9-8-22(26(30-23)33-14-17-6-7-20(33)10-17)27(34)32-38(35,36)25-5-3-4-24(29)31-25;;/h3-5,8-9,11-13,16-17,20H,6-7,10,14-15H2,1-2H3,(H2,29,31)(H,32,34);2*1H. The minimum absolute atomic E-state index is 0. The summed E-state index contributed by atoms with van der Waals surface area (Å²) in [5, 5.41) is -0.356. The van der Waals surface area contributed by atoms with Crippen LogP contribution in [0.3, 0.4) is 0 Å². The molecule has 38 heavy (non-hydrogen) atoms. The van der Waals surface area contributed by atoms with Crippen molar-refractivity contribution in [2.75, 3.05) is 23.8 Å². The number of fused-ring (bicyclic) bond motifs is 2. The molecule has 0 spiro atoms. The number of rotatable bonds is 8. The highest BCUT2D eigenvalue weighted by Crippen LogP contribution is 2.41. The molecule has 11 heteroatoms. The fourth-order valence-corrected chi connectivity index (χ4v) is 6.00. The van der Waals surface area contributed by atoms with Crippen molar-refractivity contribution >= 4 is 27.6 Å². The van der Waals surface area contributed by atoms with Gasteiger partial charge < -0.3 is 15.4 Å². The highest BCUT2D eigenvalue weighted by Gasteiger charge is 2.40. The highest BCUT2D eigenvalue weighted by atomic mass is 32.2. The number of carbonyl (C=O) groups excluding carboxylic acids is 1. The largest absolute Gasteiger partial charge is 0.493 e. The van der Waals surface area contributed by atoms with Crippen LogP contribution in [0.5, 0.6) is 5.75 Å². The number of aromatic nitrogens is 2. The Hall–Kier alpha value is -3.73. The number of benzene rings is 1. The van der Waals surface area contributed by atoms with Gasteiger partial charge in [0.25, 0.3) is 15.9 Å². The zero-order valence-corrected chi connectivity index (χ0v) is 22.0.